The van der Waals surface area contributed by atoms with E-state index in [-0.39, 0.29) is 42.1 Å². The van der Waals surface area contributed by atoms with Crippen molar-refractivity contribution in [2.24, 2.45) is 0 Å². The first-order valence-corrected chi connectivity index (χ1v) is 22.5. The van der Waals surface area contributed by atoms with E-state index in [4.69, 9.17) is 37.9 Å². The molecule has 13 N–H and O–H groups in total. The van der Waals surface area contributed by atoms with Crippen molar-refractivity contribution in [2.45, 2.75) is 200 Å². The van der Waals surface area contributed by atoms with Gasteiger partial charge in [0.2, 0.25) is 17.6 Å². The fourth-order valence-corrected chi connectivity index (χ4v) is 8.49. The second-order valence-corrected chi connectivity index (χ2v) is 17.3. The molecule has 2 amide bonds. The Bertz CT molecular complexity index is 1610. The number of hydrogen-bond acceptors (Lipinski definition) is 25. The van der Waals surface area contributed by atoms with E-state index in [1.165, 1.54) is 14.0 Å². The Balaban J connectivity index is 0.0000126. The summed E-state index contributed by atoms with van der Waals surface area (Å²) in [6, 6.07) is -3.07. The first kappa shape index (κ1) is 61.4. The van der Waals surface area contributed by atoms with Gasteiger partial charge in [-0.05, 0) is 19.8 Å². The molecule has 0 aromatic rings. The number of carbonyl (C=O) groups excluding carboxylic acids is 4. The number of rotatable bonds is 24. The van der Waals surface area contributed by atoms with Crippen molar-refractivity contribution in [2.75, 3.05) is 33.5 Å². The third kappa shape index (κ3) is 15.8. The number of nitrogens with one attached hydrogen (secondary N) is 2. The number of amides is 2. The van der Waals surface area contributed by atoms with Gasteiger partial charge in [-0.25, -0.2) is 0 Å². The van der Waals surface area contributed by atoms with Crippen LogP contribution in [0.25, 0.3) is 0 Å². The fraction of sp³-hybridized carbons (Fsp3) is 0.902. The molecular weight excluding hydrogens is 943 g/mol. The van der Waals surface area contributed by atoms with E-state index in [1.54, 1.807) is 0 Å². The zero-order valence-corrected chi connectivity index (χ0v) is 41.2. The van der Waals surface area contributed by atoms with Crippen molar-refractivity contribution in [1.82, 2.24) is 10.6 Å². The number of carboxylic acids is 1. The van der Waals surface area contributed by atoms with Crippen LogP contribution < -0.4 is 45.3 Å². The van der Waals surface area contributed by atoms with Gasteiger partial charge in [-0.1, -0.05) is 25.7 Å². The van der Waals surface area contributed by atoms with E-state index in [0.717, 1.165) is 33.1 Å². The fourth-order valence-electron chi connectivity index (χ4n) is 8.49. The zero-order chi connectivity index (χ0) is 50.6. The first-order chi connectivity index (χ1) is 32.1. The molecule has 0 bridgehead atoms. The van der Waals surface area contributed by atoms with Crippen LogP contribution in [0.3, 0.4) is 0 Å². The standard InChI is InChI=1S/C41H70N2O25.Na/c1-17-27(52)30(55)31(56)38(62-17)66-35-26(43-19(3)48)37(61-12-10-8-6-5-7-9-11-24(51)60-4)64-23(16-46)33(35)65-39-32(57)36(29(54)22(15-45)63-39)68-41(40(58)59)13-20(49)25(42-18(2)47)34(67-41)28(53)21(50)14-44;/h17,20-23,25-39,44-46,49-50,52-57H,5-16H2,1-4H3,(H,42,47)(H,43,48)(H,58,59);/q;+1/p-1/t17?,20?,21?,22-,23-,25?,26?,27?,28?,29?,30?,31?,32?,33?,34?,35?,36?,37?,38?,39?,41+;/m1./s1. The Morgan fingerprint density at radius 1 is 0.710 bits per heavy atom. The maximum atomic E-state index is 12.9. The van der Waals surface area contributed by atoms with Crippen LogP contribution in [0.5, 0.6) is 0 Å². The topological polar surface area (TPSA) is 421 Å². The Hall–Kier alpha value is -1.88. The quantitative estimate of drug-likeness (QED) is 0.0243. The Kier molecular flexibility index (Phi) is 25.4. The summed E-state index contributed by atoms with van der Waals surface area (Å²) in [5.41, 5.74) is 0. The first-order valence-electron chi connectivity index (χ1n) is 22.5. The molecule has 27 nitrogen and oxygen atoms in total. The van der Waals surface area contributed by atoms with E-state index < -0.39 is 172 Å². The molecule has 4 saturated heterocycles. The third-order valence-corrected chi connectivity index (χ3v) is 12.2. The van der Waals surface area contributed by atoms with Gasteiger partial charge in [-0.2, -0.15) is 0 Å². The molecule has 4 rings (SSSR count). The number of aliphatic hydroxyl groups excluding tert-OH is 11. The molecule has 4 aliphatic rings. The molecule has 4 heterocycles. The van der Waals surface area contributed by atoms with Gasteiger partial charge in [0.25, 0.3) is 0 Å². The zero-order valence-electron chi connectivity index (χ0n) is 39.2. The molecule has 0 aromatic carbocycles. The van der Waals surface area contributed by atoms with E-state index in [0.29, 0.717) is 25.7 Å². The molecule has 69 heavy (non-hydrogen) atoms. The summed E-state index contributed by atoms with van der Waals surface area (Å²) >= 11 is 0. The normalized spacial score (nSPS) is 39.1. The summed E-state index contributed by atoms with van der Waals surface area (Å²) in [7, 11) is 1.31. The molecular formula is C41H69N2NaO25. The predicted molar refractivity (Wildman–Crippen MR) is 218 cm³/mol. The maximum Gasteiger partial charge on any atom is 1.00 e. The van der Waals surface area contributed by atoms with Crippen LogP contribution in [0.2, 0.25) is 0 Å². The summed E-state index contributed by atoms with van der Waals surface area (Å²) in [5, 5.41) is 136. The Morgan fingerprint density at radius 3 is 1.86 bits per heavy atom. The van der Waals surface area contributed by atoms with E-state index in [9.17, 15) is 80.5 Å². The van der Waals surface area contributed by atoms with Crippen LogP contribution in [0, 0.1) is 0 Å². The molecule has 0 radical (unpaired) electrons. The average molecular weight is 1010 g/mol. The van der Waals surface area contributed by atoms with Crippen LogP contribution in [-0.4, -0.2) is 242 Å². The van der Waals surface area contributed by atoms with Crippen molar-refractivity contribution >= 4 is 23.8 Å². The van der Waals surface area contributed by atoms with Crippen LogP contribution in [0.15, 0.2) is 0 Å². The van der Waals surface area contributed by atoms with Gasteiger partial charge in [0, 0.05) is 33.3 Å². The number of carbonyl (C=O) groups is 4. The van der Waals surface area contributed by atoms with Gasteiger partial charge in [0.1, 0.15) is 91.4 Å². The van der Waals surface area contributed by atoms with Crippen molar-refractivity contribution in [3.63, 3.8) is 0 Å². The summed E-state index contributed by atoms with van der Waals surface area (Å²) in [5.74, 6) is -7.29. The number of unbranched alkanes of at least 4 members (excludes halogenated alkanes) is 5. The number of aliphatic carboxylic acids is 1. The molecule has 4 fully saturated rings. The van der Waals surface area contributed by atoms with Crippen molar-refractivity contribution in [1.29, 1.82) is 0 Å². The smallest absolute Gasteiger partial charge is 0.544 e. The van der Waals surface area contributed by atoms with Gasteiger partial charge >= 0.3 is 35.5 Å². The van der Waals surface area contributed by atoms with Crippen molar-refractivity contribution in [3.05, 3.63) is 0 Å². The number of methoxy groups -OCH3 is 1. The average Bonchev–Trinajstić information content (AvgIpc) is 3.30. The molecule has 0 aliphatic carbocycles. The SMILES string of the molecule is COC(=O)CCCCCCCCOC1O[C@H](CO)C(OC2O[C@H](CO)C(O)C(O[C@]3(C(=O)[O-])CC(O)C(NC(C)=O)C(C(O)C(O)CO)O3)C2O)C(OC2OC(C)C(O)C(O)C2O)C1NC(C)=O.[Na+]. The monoisotopic (exact) mass is 1010 g/mol. The second kappa shape index (κ2) is 28.5. The molecule has 0 saturated carbocycles. The van der Waals surface area contributed by atoms with Crippen molar-refractivity contribution < 1.29 is 153 Å². The van der Waals surface area contributed by atoms with Gasteiger partial charge < -0.3 is 119 Å². The molecule has 394 valence electrons. The molecule has 4 aliphatic heterocycles. The third-order valence-electron chi connectivity index (χ3n) is 12.2. The molecule has 18 unspecified atom stereocenters. The van der Waals surface area contributed by atoms with Gasteiger partial charge in [-0.15, -0.1) is 0 Å². The minimum Gasteiger partial charge on any atom is -0.544 e. The minimum absolute atomic E-state index is 0. The number of esters is 1. The van der Waals surface area contributed by atoms with Gasteiger partial charge in [0.15, 0.2) is 18.9 Å². The Labute approximate surface area is 419 Å². The molecule has 21 atom stereocenters. The van der Waals surface area contributed by atoms with Crippen LogP contribution >= 0.6 is 0 Å². The predicted octanol–water partition coefficient (Wildman–Crippen LogP) is -10.6. The summed E-state index contributed by atoms with van der Waals surface area (Å²) < 4.78 is 51.9. The van der Waals surface area contributed by atoms with Crippen LogP contribution in [-0.2, 0) is 61.8 Å². The van der Waals surface area contributed by atoms with Crippen LogP contribution in [0.4, 0.5) is 0 Å². The minimum atomic E-state index is -3.24. The number of aliphatic hydroxyl groups is 11. The van der Waals surface area contributed by atoms with Gasteiger partial charge in [0.05, 0.1) is 45.2 Å². The summed E-state index contributed by atoms with van der Waals surface area (Å²) in [6.07, 6.45) is -30.3. The van der Waals surface area contributed by atoms with Crippen LogP contribution in [0.1, 0.15) is 72.1 Å². The summed E-state index contributed by atoms with van der Waals surface area (Å²) in [4.78, 5) is 49.1. The molecule has 28 heteroatoms. The molecule has 0 spiro atoms. The number of ether oxygens (including phenoxy) is 9. The maximum absolute atomic E-state index is 12.9. The van der Waals surface area contributed by atoms with Gasteiger partial charge in [-0.3, -0.25) is 14.4 Å². The summed E-state index contributed by atoms with van der Waals surface area (Å²) in [6.45, 7) is 0.453. The van der Waals surface area contributed by atoms with Crippen molar-refractivity contribution in [3.8, 4) is 0 Å². The largest absolute Gasteiger partial charge is 1.00 e. The number of hydrogen-bond donors (Lipinski definition) is 13. The number of carboxylic acid groups (broad SMARTS) is 1. The van der Waals surface area contributed by atoms with E-state index >= 15 is 0 Å². The van der Waals surface area contributed by atoms with E-state index in [1.807, 2.05) is 0 Å². The molecule has 0 aromatic heterocycles. The second-order valence-electron chi connectivity index (χ2n) is 17.3. The Morgan fingerprint density at radius 2 is 1.28 bits per heavy atom. The van der Waals surface area contributed by atoms with E-state index in [2.05, 4.69) is 15.4 Å².